The number of sulfonamides is 1. The van der Waals surface area contributed by atoms with Crippen molar-refractivity contribution in [3.8, 4) is 0 Å². The highest BCUT2D eigenvalue weighted by Crippen LogP contribution is 2.13. The van der Waals surface area contributed by atoms with Crippen LogP contribution in [0.3, 0.4) is 0 Å². The molecule has 7 heteroatoms. The molecule has 0 aliphatic rings. The van der Waals surface area contributed by atoms with Crippen molar-refractivity contribution in [2.75, 3.05) is 6.54 Å². The molecule has 0 bridgehead atoms. The highest BCUT2D eigenvalue weighted by atomic mass is 32.2. The number of hydrogen-bond donors (Lipinski definition) is 2. The summed E-state index contributed by atoms with van der Waals surface area (Å²) in [5.74, 6) is -0.629. The zero-order chi connectivity index (χ0) is 18.4. The van der Waals surface area contributed by atoms with Crippen LogP contribution in [0.5, 0.6) is 0 Å². The molecule has 0 heterocycles. The Balaban J connectivity index is 1.83. The number of carbonyl (C=O) groups excluding carboxylic acids is 1. The van der Waals surface area contributed by atoms with Gasteiger partial charge in [0.15, 0.2) is 0 Å². The van der Waals surface area contributed by atoms with E-state index in [1.807, 2.05) is 6.92 Å². The van der Waals surface area contributed by atoms with Crippen LogP contribution in [0.25, 0.3) is 0 Å². The molecule has 0 aliphatic carbocycles. The summed E-state index contributed by atoms with van der Waals surface area (Å²) in [5, 5.41) is 2.75. The van der Waals surface area contributed by atoms with E-state index in [0.29, 0.717) is 0 Å². The van der Waals surface area contributed by atoms with Crippen molar-refractivity contribution < 1.29 is 17.6 Å². The zero-order valence-corrected chi connectivity index (χ0v) is 14.9. The first kappa shape index (κ1) is 19.1. The molecular weight excluding hydrogens is 343 g/mol. The predicted octanol–water partition coefficient (Wildman–Crippen LogP) is 2.68. The molecule has 0 saturated carbocycles. The Morgan fingerprint density at radius 3 is 2.28 bits per heavy atom. The number of benzene rings is 2. The SMILES string of the molecule is Cc1ccc(S(=O)(=O)NCCC(=O)N[C@@H](C)c2ccc(F)cc2)cc1. The third-order valence-corrected chi connectivity index (χ3v) is 5.20. The number of nitrogens with one attached hydrogen (secondary N) is 2. The Kier molecular flexibility index (Phi) is 6.27. The van der Waals surface area contributed by atoms with E-state index in [-0.39, 0.29) is 35.6 Å². The van der Waals surface area contributed by atoms with E-state index in [9.17, 15) is 17.6 Å². The van der Waals surface area contributed by atoms with Gasteiger partial charge >= 0.3 is 0 Å². The zero-order valence-electron chi connectivity index (χ0n) is 14.1. The summed E-state index contributed by atoms with van der Waals surface area (Å²) in [7, 11) is -3.63. The molecule has 2 aromatic carbocycles. The molecule has 134 valence electrons. The van der Waals surface area contributed by atoms with Crippen LogP contribution in [0, 0.1) is 12.7 Å². The van der Waals surface area contributed by atoms with Gasteiger partial charge in [-0.3, -0.25) is 4.79 Å². The molecule has 5 nitrogen and oxygen atoms in total. The molecule has 2 aromatic rings. The molecule has 0 radical (unpaired) electrons. The molecule has 0 fully saturated rings. The summed E-state index contributed by atoms with van der Waals surface area (Å²) in [6, 6.07) is 12.0. The van der Waals surface area contributed by atoms with Crippen LogP contribution in [0.4, 0.5) is 4.39 Å². The second-order valence-electron chi connectivity index (χ2n) is 5.80. The Morgan fingerprint density at radius 2 is 1.68 bits per heavy atom. The summed E-state index contributed by atoms with van der Waals surface area (Å²) < 4.78 is 39.6. The lowest BCUT2D eigenvalue weighted by Crippen LogP contribution is -2.32. The maximum Gasteiger partial charge on any atom is 0.240 e. The van der Waals surface area contributed by atoms with Gasteiger partial charge in [0, 0.05) is 13.0 Å². The average molecular weight is 364 g/mol. The van der Waals surface area contributed by atoms with E-state index < -0.39 is 10.0 Å². The fourth-order valence-corrected chi connectivity index (χ4v) is 3.28. The first-order valence-electron chi connectivity index (χ1n) is 7.89. The number of hydrogen-bond acceptors (Lipinski definition) is 3. The second-order valence-corrected chi connectivity index (χ2v) is 7.57. The molecule has 0 unspecified atom stereocenters. The van der Waals surface area contributed by atoms with Gasteiger partial charge in [-0.15, -0.1) is 0 Å². The van der Waals surface area contributed by atoms with Crippen molar-refractivity contribution >= 4 is 15.9 Å². The highest BCUT2D eigenvalue weighted by molar-refractivity contribution is 7.89. The van der Waals surface area contributed by atoms with Crippen molar-refractivity contribution in [2.24, 2.45) is 0 Å². The molecule has 1 atom stereocenters. The minimum Gasteiger partial charge on any atom is -0.350 e. The van der Waals surface area contributed by atoms with Crippen LogP contribution in [0.15, 0.2) is 53.4 Å². The maximum absolute atomic E-state index is 12.9. The summed E-state index contributed by atoms with van der Waals surface area (Å²) >= 11 is 0. The summed E-state index contributed by atoms with van der Waals surface area (Å²) in [4.78, 5) is 12.1. The first-order valence-corrected chi connectivity index (χ1v) is 9.37. The highest BCUT2D eigenvalue weighted by Gasteiger charge is 2.15. The quantitative estimate of drug-likeness (QED) is 0.793. The van der Waals surface area contributed by atoms with Crippen LogP contribution < -0.4 is 10.0 Å². The molecule has 2 N–H and O–H groups in total. The molecule has 0 saturated heterocycles. The maximum atomic E-state index is 12.9. The predicted molar refractivity (Wildman–Crippen MR) is 93.9 cm³/mol. The second kappa shape index (κ2) is 8.22. The van der Waals surface area contributed by atoms with E-state index in [4.69, 9.17) is 0 Å². The Bertz CT molecular complexity index is 818. The van der Waals surface area contributed by atoms with Crippen LogP contribution in [-0.2, 0) is 14.8 Å². The fourth-order valence-electron chi connectivity index (χ4n) is 2.25. The van der Waals surface area contributed by atoms with Crippen molar-refractivity contribution in [3.63, 3.8) is 0 Å². The number of halogens is 1. The van der Waals surface area contributed by atoms with Crippen molar-refractivity contribution in [3.05, 3.63) is 65.5 Å². The summed E-state index contributed by atoms with van der Waals surface area (Å²) in [6.45, 7) is 3.65. The fraction of sp³-hybridized carbons (Fsp3) is 0.278. The molecule has 1 amide bonds. The van der Waals surface area contributed by atoms with Crippen molar-refractivity contribution in [2.45, 2.75) is 31.2 Å². The average Bonchev–Trinajstić information content (AvgIpc) is 2.55. The number of carbonyl (C=O) groups is 1. The first-order chi connectivity index (χ1) is 11.8. The molecule has 0 aliphatic heterocycles. The van der Waals surface area contributed by atoms with E-state index >= 15 is 0 Å². The number of rotatable bonds is 7. The minimum absolute atomic E-state index is 0.00180. The smallest absolute Gasteiger partial charge is 0.240 e. The monoisotopic (exact) mass is 364 g/mol. The Hall–Kier alpha value is -2.25. The van der Waals surface area contributed by atoms with Crippen molar-refractivity contribution in [1.29, 1.82) is 0 Å². The third-order valence-electron chi connectivity index (χ3n) is 3.72. The van der Waals surface area contributed by atoms with Gasteiger partial charge in [0.2, 0.25) is 15.9 Å². The van der Waals surface area contributed by atoms with E-state index in [2.05, 4.69) is 10.0 Å². The third kappa shape index (κ3) is 5.65. The number of aryl methyl sites for hydroxylation is 1. The van der Waals surface area contributed by atoms with Gasteiger partial charge in [-0.05, 0) is 43.7 Å². The topological polar surface area (TPSA) is 75.3 Å². The van der Waals surface area contributed by atoms with Crippen LogP contribution in [-0.4, -0.2) is 20.9 Å². The molecule has 0 spiro atoms. The molecule has 25 heavy (non-hydrogen) atoms. The Labute approximate surface area is 147 Å². The molecule has 2 rings (SSSR count). The van der Waals surface area contributed by atoms with Gasteiger partial charge in [0.05, 0.1) is 10.9 Å². The van der Waals surface area contributed by atoms with E-state index in [1.54, 1.807) is 31.2 Å². The van der Waals surface area contributed by atoms with Crippen molar-refractivity contribution in [1.82, 2.24) is 10.0 Å². The Morgan fingerprint density at radius 1 is 1.08 bits per heavy atom. The molecule has 0 aromatic heterocycles. The van der Waals surface area contributed by atoms with Gasteiger partial charge in [-0.2, -0.15) is 0 Å². The largest absolute Gasteiger partial charge is 0.350 e. The summed E-state index contributed by atoms with van der Waals surface area (Å²) in [6.07, 6.45) is 0.0105. The molecular formula is C18H21FN2O3S. The lowest BCUT2D eigenvalue weighted by Gasteiger charge is -2.14. The number of amides is 1. The van der Waals surface area contributed by atoms with Crippen LogP contribution in [0.2, 0.25) is 0 Å². The van der Waals surface area contributed by atoms with Gasteiger partial charge < -0.3 is 5.32 Å². The van der Waals surface area contributed by atoms with E-state index in [0.717, 1.165) is 11.1 Å². The minimum atomic E-state index is -3.63. The van der Waals surface area contributed by atoms with Crippen LogP contribution >= 0.6 is 0 Å². The lowest BCUT2D eigenvalue weighted by molar-refractivity contribution is -0.121. The summed E-state index contributed by atoms with van der Waals surface area (Å²) in [5.41, 5.74) is 1.74. The van der Waals surface area contributed by atoms with Gasteiger partial charge in [0.25, 0.3) is 0 Å². The van der Waals surface area contributed by atoms with Gasteiger partial charge in [0.1, 0.15) is 5.82 Å². The lowest BCUT2D eigenvalue weighted by atomic mass is 10.1. The van der Waals surface area contributed by atoms with Crippen LogP contribution in [0.1, 0.15) is 30.5 Å². The van der Waals surface area contributed by atoms with Gasteiger partial charge in [-0.25, -0.2) is 17.5 Å². The van der Waals surface area contributed by atoms with E-state index in [1.165, 1.54) is 24.3 Å². The van der Waals surface area contributed by atoms with Gasteiger partial charge in [-0.1, -0.05) is 29.8 Å². The normalized spacial score (nSPS) is 12.6. The standard InChI is InChI=1S/C18H21FN2O3S/c1-13-3-9-17(10-4-13)25(23,24)20-12-11-18(22)21-14(2)15-5-7-16(19)8-6-15/h3-10,14,20H,11-12H2,1-2H3,(H,21,22)/t14-/m0/s1.